The second-order valence-corrected chi connectivity index (χ2v) is 10.6. The van der Waals surface area contributed by atoms with Gasteiger partial charge in [-0.25, -0.2) is 13.4 Å². The molecule has 164 valence electrons. The number of rotatable bonds is 5. The summed E-state index contributed by atoms with van der Waals surface area (Å²) in [4.78, 5) is 6.57. The van der Waals surface area contributed by atoms with Gasteiger partial charge in [0.15, 0.2) is 0 Å². The Morgan fingerprint density at radius 3 is 2.94 bits per heavy atom. The first kappa shape index (κ1) is 20.4. The Morgan fingerprint density at radius 2 is 2.16 bits per heavy atom. The van der Waals surface area contributed by atoms with Crippen LogP contribution in [-0.2, 0) is 10.0 Å². The van der Waals surface area contributed by atoms with E-state index in [9.17, 15) is 8.42 Å². The Kier molecular flexibility index (Phi) is 5.40. The van der Waals surface area contributed by atoms with Crippen LogP contribution >= 0.6 is 11.5 Å². The van der Waals surface area contributed by atoms with Gasteiger partial charge in [-0.2, -0.15) is 9.47 Å². The van der Waals surface area contributed by atoms with Crippen LogP contribution in [0.4, 0.5) is 5.13 Å². The normalized spacial score (nSPS) is 24.4. The second-order valence-electron chi connectivity index (χ2n) is 8.10. The number of hydrogen-bond donors (Lipinski definition) is 2. The van der Waals surface area contributed by atoms with Crippen LogP contribution in [0.2, 0.25) is 0 Å². The minimum Gasteiger partial charge on any atom is -0.493 e. The number of fused-ring (bicyclic) bond motifs is 1. The van der Waals surface area contributed by atoms with E-state index in [2.05, 4.69) is 36.1 Å². The minimum absolute atomic E-state index is 0.152. The number of nitrogens with zero attached hydrogens (tertiary/aromatic N) is 4. The molecule has 2 aromatic heterocycles. The van der Waals surface area contributed by atoms with Gasteiger partial charge in [0.05, 0.1) is 23.2 Å². The highest BCUT2D eigenvalue weighted by Gasteiger charge is 2.37. The van der Waals surface area contributed by atoms with Crippen molar-refractivity contribution in [2.24, 2.45) is 5.92 Å². The Hall–Kier alpha value is -2.50. The number of hydrogen-bond acceptors (Lipinski definition) is 8. The number of aromatic amines is 1. The van der Waals surface area contributed by atoms with Crippen molar-refractivity contribution in [2.45, 2.75) is 43.2 Å². The highest BCUT2D eigenvalue weighted by molar-refractivity contribution is 7.93. The summed E-state index contributed by atoms with van der Waals surface area (Å²) in [5.41, 5.74) is 2.15. The smallest absolute Gasteiger partial charge is 0.263 e. The molecule has 31 heavy (non-hydrogen) atoms. The molecule has 1 aromatic carbocycles. The van der Waals surface area contributed by atoms with Gasteiger partial charge >= 0.3 is 0 Å². The largest absolute Gasteiger partial charge is 0.493 e. The van der Waals surface area contributed by atoms with Crippen LogP contribution in [0.1, 0.15) is 49.5 Å². The molecule has 11 heteroatoms. The van der Waals surface area contributed by atoms with Gasteiger partial charge < -0.3 is 4.74 Å². The Bertz CT molecular complexity index is 1130. The van der Waals surface area contributed by atoms with Gasteiger partial charge in [-0.15, -0.1) is 0 Å². The molecule has 0 unspecified atom stereocenters. The molecule has 3 aromatic rings. The molecule has 0 bridgehead atoms. The highest BCUT2D eigenvalue weighted by Crippen LogP contribution is 2.44. The molecule has 1 fully saturated rings. The summed E-state index contributed by atoms with van der Waals surface area (Å²) in [6, 6.07) is 7.60. The molecular formula is C20H24N6O3S2. The Labute approximate surface area is 185 Å². The van der Waals surface area contributed by atoms with Gasteiger partial charge in [-0.1, -0.05) is 13.0 Å². The van der Waals surface area contributed by atoms with Crippen molar-refractivity contribution in [3.05, 3.63) is 48.0 Å². The monoisotopic (exact) mass is 460 g/mol. The predicted molar refractivity (Wildman–Crippen MR) is 116 cm³/mol. The van der Waals surface area contributed by atoms with Crippen molar-refractivity contribution in [1.29, 1.82) is 0 Å². The zero-order valence-corrected chi connectivity index (χ0v) is 18.7. The lowest BCUT2D eigenvalue weighted by atomic mass is 9.87. The highest BCUT2D eigenvalue weighted by atomic mass is 32.2. The summed E-state index contributed by atoms with van der Waals surface area (Å²) in [6.07, 6.45) is 6.18. The van der Waals surface area contributed by atoms with Crippen molar-refractivity contribution in [2.75, 3.05) is 17.9 Å². The second kappa shape index (κ2) is 8.21. The van der Waals surface area contributed by atoms with E-state index in [1.54, 1.807) is 18.3 Å². The average Bonchev–Trinajstić information content (AvgIpc) is 3.47. The molecule has 0 spiro atoms. The molecular weight excluding hydrogens is 436 g/mol. The molecule has 2 aliphatic rings. The molecule has 5 rings (SSSR count). The lowest BCUT2D eigenvalue weighted by Crippen LogP contribution is -2.41. The van der Waals surface area contributed by atoms with Gasteiger partial charge in [0.1, 0.15) is 12.1 Å². The third-order valence-electron chi connectivity index (χ3n) is 6.07. The first-order valence-electron chi connectivity index (χ1n) is 10.3. The van der Waals surface area contributed by atoms with Crippen molar-refractivity contribution < 1.29 is 13.2 Å². The lowest BCUT2D eigenvalue weighted by molar-refractivity contribution is 0.0468. The van der Waals surface area contributed by atoms with Gasteiger partial charge in [-0.05, 0) is 37.4 Å². The van der Waals surface area contributed by atoms with E-state index in [-0.39, 0.29) is 22.1 Å². The van der Waals surface area contributed by atoms with E-state index in [0.29, 0.717) is 18.3 Å². The number of anilines is 1. The fraction of sp³-hybridized carbons (Fsp3) is 0.450. The lowest BCUT2D eigenvalue weighted by Gasteiger charge is -2.44. The molecule has 0 radical (unpaired) electrons. The summed E-state index contributed by atoms with van der Waals surface area (Å²) < 4.78 is 37.7. The quantitative estimate of drug-likeness (QED) is 0.600. The number of likely N-dealkylation sites (tertiary alicyclic amines) is 1. The van der Waals surface area contributed by atoms with Crippen molar-refractivity contribution in [3.63, 3.8) is 0 Å². The zero-order valence-electron chi connectivity index (χ0n) is 17.1. The van der Waals surface area contributed by atoms with Crippen molar-refractivity contribution in [1.82, 2.24) is 24.5 Å². The van der Waals surface area contributed by atoms with Crippen molar-refractivity contribution >= 4 is 26.7 Å². The van der Waals surface area contributed by atoms with Crippen LogP contribution in [0, 0.1) is 5.92 Å². The van der Waals surface area contributed by atoms with E-state index in [1.165, 1.54) is 6.33 Å². The number of ether oxygens (including phenoxy) is 1. The summed E-state index contributed by atoms with van der Waals surface area (Å²) in [5.74, 6) is 1.26. The van der Waals surface area contributed by atoms with Gasteiger partial charge in [-0.3, -0.25) is 14.7 Å². The van der Waals surface area contributed by atoms with E-state index in [4.69, 9.17) is 4.74 Å². The molecule has 0 saturated carbocycles. The number of benzene rings is 1. The van der Waals surface area contributed by atoms with Crippen LogP contribution in [0.5, 0.6) is 5.75 Å². The van der Waals surface area contributed by atoms with E-state index in [1.807, 2.05) is 12.1 Å². The van der Waals surface area contributed by atoms with Crippen molar-refractivity contribution in [3.8, 4) is 5.75 Å². The number of nitrogens with one attached hydrogen (secondary N) is 2. The zero-order chi connectivity index (χ0) is 21.4. The topological polar surface area (TPSA) is 113 Å². The number of aromatic nitrogens is 4. The average molecular weight is 461 g/mol. The SMILES string of the molecule is C[C@@H]1CCN([C@H]2CCOc3cc(S(=O)(=O)Nc4ncns4)ccc32)[C@H](c2ccn[nH]2)C1. The molecule has 1 saturated heterocycles. The summed E-state index contributed by atoms with van der Waals surface area (Å²) in [6.45, 7) is 3.82. The first-order chi connectivity index (χ1) is 15.0. The first-order valence-corrected chi connectivity index (χ1v) is 12.6. The fourth-order valence-corrected chi connectivity index (χ4v) is 6.22. The minimum atomic E-state index is -3.76. The Morgan fingerprint density at radius 1 is 1.26 bits per heavy atom. The van der Waals surface area contributed by atoms with Crippen LogP contribution in [-0.4, -0.2) is 46.0 Å². The van der Waals surface area contributed by atoms with Gasteiger partial charge in [0, 0.05) is 41.8 Å². The van der Waals surface area contributed by atoms with Crippen LogP contribution < -0.4 is 9.46 Å². The number of H-pyrrole nitrogens is 1. The molecule has 2 aliphatic heterocycles. The fourth-order valence-electron chi connectivity index (χ4n) is 4.55. The van der Waals surface area contributed by atoms with Gasteiger partial charge in [0.25, 0.3) is 10.0 Å². The summed E-state index contributed by atoms with van der Waals surface area (Å²) >= 11 is 0.994. The van der Waals surface area contributed by atoms with E-state index in [0.717, 1.165) is 48.6 Å². The maximum atomic E-state index is 12.8. The molecule has 2 N–H and O–H groups in total. The molecule has 3 atom stereocenters. The third-order valence-corrected chi connectivity index (χ3v) is 8.12. The molecule has 0 amide bonds. The van der Waals surface area contributed by atoms with Crippen LogP contribution in [0.25, 0.3) is 0 Å². The Balaban J connectivity index is 1.45. The number of sulfonamides is 1. The maximum absolute atomic E-state index is 12.8. The standard InChI is InChI=1S/C20H24N6O3S2/c1-13-5-8-26(18(10-13)16-4-7-22-24-16)17-6-9-29-19-11-14(2-3-15(17)19)31(27,28)25-20-21-12-23-30-20/h2-4,7,11-13,17-18H,5-6,8-10H2,1H3,(H,22,24)(H,21,23,25)/t13-,17+,18+/m1/s1. The molecule has 9 nitrogen and oxygen atoms in total. The van der Waals surface area contributed by atoms with E-state index < -0.39 is 10.0 Å². The van der Waals surface area contributed by atoms with Crippen LogP contribution in [0.3, 0.4) is 0 Å². The molecule has 4 heterocycles. The summed E-state index contributed by atoms with van der Waals surface area (Å²) in [7, 11) is -3.76. The molecule has 0 aliphatic carbocycles. The summed E-state index contributed by atoms with van der Waals surface area (Å²) in [5, 5.41) is 7.54. The van der Waals surface area contributed by atoms with Crippen LogP contribution in [0.15, 0.2) is 41.7 Å². The third kappa shape index (κ3) is 4.04. The number of piperidine rings is 1. The predicted octanol–water partition coefficient (Wildman–Crippen LogP) is 3.36. The van der Waals surface area contributed by atoms with Gasteiger partial charge in [0.2, 0.25) is 5.13 Å². The maximum Gasteiger partial charge on any atom is 0.263 e. The van der Waals surface area contributed by atoms with E-state index >= 15 is 0 Å².